The Balaban J connectivity index is 2.34. The summed E-state index contributed by atoms with van der Waals surface area (Å²) in [5.41, 5.74) is 2.03. The van der Waals surface area contributed by atoms with Crippen LogP contribution in [0.4, 0.5) is 5.69 Å². The quantitative estimate of drug-likeness (QED) is 0.880. The average molecular weight is 262 g/mol. The number of nitrogens with one attached hydrogen (secondary N) is 2. The third-order valence-corrected chi connectivity index (χ3v) is 3.24. The minimum absolute atomic E-state index is 0.0968. The maximum absolute atomic E-state index is 11.4. The second-order valence-electron chi connectivity index (χ2n) is 5.95. The molecule has 0 saturated heterocycles. The highest BCUT2D eigenvalue weighted by Gasteiger charge is 2.27. The van der Waals surface area contributed by atoms with Crippen LogP contribution in [0.15, 0.2) is 18.2 Å². The molecule has 0 fully saturated rings. The monoisotopic (exact) mass is 262 g/mol. The first-order valence-corrected chi connectivity index (χ1v) is 6.72. The maximum Gasteiger partial charge on any atom is 0.262 e. The van der Waals surface area contributed by atoms with Gasteiger partial charge in [0.2, 0.25) is 0 Å². The van der Waals surface area contributed by atoms with Crippen molar-refractivity contribution >= 4 is 11.6 Å². The highest BCUT2D eigenvalue weighted by molar-refractivity contribution is 5.95. The fourth-order valence-electron chi connectivity index (χ4n) is 2.41. The molecule has 0 spiro atoms. The summed E-state index contributed by atoms with van der Waals surface area (Å²) in [5.74, 6) is 0.646. The first kappa shape index (κ1) is 13.9. The number of hydrogen-bond acceptors (Lipinski definition) is 3. The van der Waals surface area contributed by atoms with Crippen molar-refractivity contribution in [1.29, 1.82) is 0 Å². The molecule has 1 aromatic rings. The molecule has 4 nitrogen and oxygen atoms in total. The summed E-state index contributed by atoms with van der Waals surface area (Å²) in [5, 5.41) is 6.36. The van der Waals surface area contributed by atoms with Gasteiger partial charge in [-0.2, -0.15) is 0 Å². The van der Waals surface area contributed by atoms with Gasteiger partial charge in [0.15, 0.2) is 6.61 Å². The number of carbonyl (C=O) groups excluding carboxylic acids is 1. The highest BCUT2D eigenvalue weighted by atomic mass is 16.5. The Kier molecular flexibility index (Phi) is 3.80. The van der Waals surface area contributed by atoms with Gasteiger partial charge < -0.3 is 15.4 Å². The van der Waals surface area contributed by atoms with Gasteiger partial charge in [-0.05, 0) is 29.7 Å². The summed E-state index contributed by atoms with van der Waals surface area (Å²) < 4.78 is 5.38. The standard InChI is InChI=1S/C15H22N2O2/c1-5-16-14(15(2,3)4)10-6-7-12-11(8-10)17-13(18)9-19-12/h6-8,14,16H,5,9H2,1-4H3,(H,17,18). The topological polar surface area (TPSA) is 50.4 Å². The summed E-state index contributed by atoms with van der Waals surface area (Å²) in [6.45, 7) is 9.71. The second kappa shape index (κ2) is 5.21. The maximum atomic E-state index is 11.4. The number of amides is 1. The first-order chi connectivity index (χ1) is 8.91. The molecule has 4 heteroatoms. The summed E-state index contributed by atoms with van der Waals surface area (Å²) >= 11 is 0. The Labute approximate surface area is 114 Å². The highest BCUT2D eigenvalue weighted by Crippen LogP contribution is 2.37. The molecule has 0 aromatic heterocycles. The molecule has 1 heterocycles. The Morgan fingerprint density at radius 3 is 2.79 bits per heavy atom. The summed E-state index contributed by atoms with van der Waals surface area (Å²) in [6.07, 6.45) is 0. The van der Waals surface area contributed by atoms with E-state index in [9.17, 15) is 4.79 Å². The van der Waals surface area contributed by atoms with E-state index in [-0.39, 0.29) is 24.0 Å². The minimum Gasteiger partial charge on any atom is -0.482 e. The molecule has 2 N–H and O–H groups in total. The third kappa shape index (κ3) is 3.07. The Morgan fingerprint density at radius 2 is 2.16 bits per heavy atom. The molecule has 1 aliphatic rings. The van der Waals surface area contributed by atoms with Crippen molar-refractivity contribution < 1.29 is 9.53 Å². The third-order valence-electron chi connectivity index (χ3n) is 3.24. The predicted octanol–water partition coefficient (Wildman–Crippen LogP) is 2.71. The lowest BCUT2D eigenvalue weighted by Crippen LogP contribution is -2.32. The van der Waals surface area contributed by atoms with E-state index >= 15 is 0 Å². The van der Waals surface area contributed by atoms with Crippen LogP contribution in [0.2, 0.25) is 0 Å². The number of anilines is 1. The molecular weight excluding hydrogens is 240 g/mol. The molecule has 0 bridgehead atoms. The van der Waals surface area contributed by atoms with Gasteiger partial charge >= 0.3 is 0 Å². The summed E-state index contributed by atoms with van der Waals surface area (Å²) in [4.78, 5) is 11.4. The van der Waals surface area contributed by atoms with Crippen molar-refractivity contribution in [3.8, 4) is 5.75 Å². The van der Waals surface area contributed by atoms with Crippen LogP contribution >= 0.6 is 0 Å². The van der Waals surface area contributed by atoms with E-state index in [0.717, 1.165) is 18.0 Å². The van der Waals surface area contributed by atoms with Crippen molar-refractivity contribution in [3.63, 3.8) is 0 Å². The lowest BCUT2D eigenvalue weighted by Gasteiger charge is -2.32. The predicted molar refractivity (Wildman–Crippen MR) is 76.4 cm³/mol. The van der Waals surface area contributed by atoms with Gasteiger partial charge in [0.05, 0.1) is 5.69 Å². The average Bonchev–Trinajstić information content (AvgIpc) is 2.33. The number of hydrogen-bond donors (Lipinski definition) is 2. The fourth-order valence-corrected chi connectivity index (χ4v) is 2.41. The normalized spacial score (nSPS) is 16.3. The fraction of sp³-hybridized carbons (Fsp3) is 0.533. The molecular formula is C15H22N2O2. The van der Waals surface area contributed by atoms with Gasteiger partial charge in [0.25, 0.3) is 5.91 Å². The van der Waals surface area contributed by atoms with Gasteiger partial charge in [-0.3, -0.25) is 4.79 Å². The summed E-state index contributed by atoms with van der Waals surface area (Å²) in [7, 11) is 0. The SMILES string of the molecule is CCNC(c1ccc2c(c1)NC(=O)CO2)C(C)(C)C. The zero-order chi connectivity index (χ0) is 14.0. The second-order valence-corrected chi connectivity index (χ2v) is 5.95. The smallest absolute Gasteiger partial charge is 0.262 e. The van der Waals surface area contributed by atoms with E-state index in [0.29, 0.717) is 0 Å². The van der Waals surface area contributed by atoms with Crippen molar-refractivity contribution in [2.75, 3.05) is 18.5 Å². The number of carbonyl (C=O) groups is 1. The zero-order valence-electron chi connectivity index (χ0n) is 12.0. The molecule has 19 heavy (non-hydrogen) atoms. The number of rotatable bonds is 3. The number of fused-ring (bicyclic) bond motifs is 1. The molecule has 1 unspecified atom stereocenters. The van der Waals surface area contributed by atoms with Gasteiger partial charge in [-0.1, -0.05) is 33.8 Å². The van der Waals surface area contributed by atoms with Crippen LogP contribution in [0.25, 0.3) is 0 Å². The van der Waals surface area contributed by atoms with Crippen LogP contribution in [0.5, 0.6) is 5.75 Å². The van der Waals surface area contributed by atoms with Crippen molar-refractivity contribution in [2.45, 2.75) is 33.7 Å². The van der Waals surface area contributed by atoms with Gasteiger partial charge in [-0.25, -0.2) is 0 Å². The Bertz CT molecular complexity index is 478. The molecule has 1 atom stereocenters. The van der Waals surface area contributed by atoms with Crippen LogP contribution in [-0.4, -0.2) is 19.1 Å². The van der Waals surface area contributed by atoms with E-state index in [1.165, 1.54) is 5.56 Å². The van der Waals surface area contributed by atoms with Crippen LogP contribution in [0, 0.1) is 5.41 Å². The Morgan fingerprint density at radius 1 is 1.42 bits per heavy atom. The number of ether oxygens (including phenoxy) is 1. The van der Waals surface area contributed by atoms with Crippen LogP contribution < -0.4 is 15.4 Å². The minimum atomic E-state index is -0.0968. The van der Waals surface area contributed by atoms with Crippen LogP contribution in [0.3, 0.4) is 0 Å². The van der Waals surface area contributed by atoms with Crippen molar-refractivity contribution in [2.24, 2.45) is 5.41 Å². The largest absolute Gasteiger partial charge is 0.482 e. The van der Waals surface area contributed by atoms with Gasteiger partial charge in [0.1, 0.15) is 5.75 Å². The van der Waals surface area contributed by atoms with Gasteiger partial charge in [0, 0.05) is 6.04 Å². The number of benzene rings is 1. The van der Waals surface area contributed by atoms with Crippen LogP contribution in [-0.2, 0) is 4.79 Å². The summed E-state index contributed by atoms with van der Waals surface area (Å²) in [6, 6.07) is 6.24. The molecule has 1 aliphatic heterocycles. The lowest BCUT2D eigenvalue weighted by molar-refractivity contribution is -0.118. The molecule has 104 valence electrons. The van der Waals surface area contributed by atoms with E-state index in [1.54, 1.807) is 0 Å². The zero-order valence-corrected chi connectivity index (χ0v) is 12.0. The van der Waals surface area contributed by atoms with Gasteiger partial charge in [-0.15, -0.1) is 0 Å². The lowest BCUT2D eigenvalue weighted by atomic mass is 9.82. The van der Waals surface area contributed by atoms with Crippen molar-refractivity contribution in [1.82, 2.24) is 5.32 Å². The Hall–Kier alpha value is -1.55. The van der Waals surface area contributed by atoms with E-state index < -0.39 is 0 Å². The van der Waals surface area contributed by atoms with Crippen molar-refractivity contribution in [3.05, 3.63) is 23.8 Å². The molecule has 1 aromatic carbocycles. The molecule has 0 saturated carbocycles. The van der Waals surface area contributed by atoms with E-state index in [4.69, 9.17) is 4.74 Å². The van der Waals surface area contributed by atoms with E-state index in [1.807, 2.05) is 12.1 Å². The van der Waals surface area contributed by atoms with E-state index in [2.05, 4.69) is 44.4 Å². The molecule has 0 radical (unpaired) electrons. The van der Waals surface area contributed by atoms with Crippen LogP contribution in [0.1, 0.15) is 39.3 Å². The molecule has 2 rings (SSSR count). The molecule has 1 amide bonds. The molecule has 0 aliphatic carbocycles. The first-order valence-electron chi connectivity index (χ1n) is 6.72.